The highest BCUT2D eigenvalue weighted by molar-refractivity contribution is 7.03. The van der Waals surface area contributed by atoms with E-state index in [1.807, 2.05) is 11.4 Å². The summed E-state index contributed by atoms with van der Waals surface area (Å²) in [5.41, 5.74) is 4.47. The zero-order valence-electron chi connectivity index (χ0n) is 7.29. The van der Waals surface area contributed by atoms with Crippen LogP contribution < -0.4 is 11.3 Å². The number of nitrogens with zero attached hydrogens (tertiary/aromatic N) is 3. The summed E-state index contributed by atoms with van der Waals surface area (Å²) in [5, 5.41) is 1.91. The van der Waals surface area contributed by atoms with Gasteiger partial charge in [-0.3, -0.25) is 5.84 Å². The van der Waals surface area contributed by atoms with E-state index in [4.69, 9.17) is 5.84 Å². The second-order valence-electron chi connectivity index (χ2n) is 2.70. The van der Waals surface area contributed by atoms with Gasteiger partial charge < -0.3 is 0 Å². The van der Waals surface area contributed by atoms with Gasteiger partial charge in [-0.2, -0.15) is 4.37 Å². The number of nitrogens with two attached hydrogens (primary N) is 1. The molecule has 0 spiro atoms. The molecule has 1 atom stereocenters. The Labute approximate surface area is 85.2 Å². The lowest BCUT2D eigenvalue weighted by atomic mass is 10.1. The first-order valence-corrected chi connectivity index (χ1v) is 4.87. The van der Waals surface area contributed by atoms with E-state index in [2.05, 4.69) is 19.8 Å². The first-order chi connectivity index (χ1) is 6.92. The fourth-order valence-corrected chi connectivity index (χ4v) is 1.73. The van der Waals surface area contributed by atoms with Crippen LogP contribution in [0, 0.1) is 0 Å². The second-order valence-corrected chi connectivity index (χ2v) is 3.36. The lowest BCUT2D eigenvalue weighted by molar-refractivity contribution is 0.621. The molecule has 1 unspecified atom stereocenters. The Kier molecular flexibility index (Phi) is 2.78. The fourth-order valence-electron chi connectivity index (χ4n) is 1.18. The van der Waals surface area contributed by atoms with E-state index < -0.39 is 0 Å². The van der Waals surface area contributed by atoms with Crippen LogP contribution >= 0.6 is 11.5 Å². The first kappa shape index (κ1) is 9.20. The summed E-state index contributed by atoms with van der Waals surface area (Å²) < 4.78 is 4.21. The molecule has 2 rings (SSSR count). The molecular formula is C8H9N5S. The predicted molar refractivity (Wildman–Crippen MR) is 53.3 cm³/mol. The van der Waals surface area contributed by atoms with Gasteiger partial charge in [0.15, 0.2) is 0 Å². The molecule has 0 bridgehead atoms. The molecule has 0 radical (unpaired) electrons. The lowest BCUT2D eigenvalue weighted by Crippen LogP contribution is -2.29. The van der Waals surface area contributed by atoms with Crippen LogP contribution in [0.5, 0.6) is 0 Å². The number of hydrazine groups is 1. The third-order valence-electron chi connectivity index (χ3n) is 1.83. The van der Waals surface area contributed by atoms with Crippen molar-refractivity contribution in [2.75, 3.05) is 0 Å². The van der Waals surface area contributed by atoms with Gasteiger partial charge in [0.1, 0.15) is 6.33 Å². The molecule has 0 amide bonds. The van der Waals surface area contributed by atoms with Gasteiger partial charge in [0, 0.05) is 23.3 Å². The summed E-state index contributed by atoms with van der Waals surface area (Å²) in [6.07, 6.45) is 4.92. The van der Waals surface area contributed by atoms with E-state index in [1.54, 1.807) is 12.4 Å². The van der Waals surface area contributed by atoms with Crippen molar-refractivity contribution in [1.82, 2.24) is 19.8 Å². The maximum Gasteiger partial charge on any atom is 0.115 e. The van der Waals surface area contributed by atoms with Crippen LogP contribution in [0.1, 0.15) is 17.3 Å². The standard InChI is InChI=1S/C8H9N5S/c9-12-8(7-1-2-14-13-7)6-3-10-5-11-4-6/h1-5,8,12H,9H2. The van der Waals surface area contributed by atoms with Crippen LogP contribution in [0.3, 0.4) is 0 Å². The quantitative estimate of drug-likeness (QED) is 0.565. The van der Waals surface area contributed by atoms with E-state index in [1.165, 1.54) is 17.9 Å². The number of nitrogens with one attached hydrogen (secondary N) is 1. The summed E-state index contributed by atoms with van der Waals surface area (Å²) >= 11 is 1.39. The highest BCUT2D eigenvalue weighted by Crippen LogP contribution is 2.18. The Morgan fingerprint density at radius 2 is 2.14 bits per heavy atom. The average molecular weight is 207 g/mol. The number of hydrogen-bond donors (Lipinski definition) is 2. The molecule has 5 nitrogen and oxygen atoms in total. The number of rotatable bonds is 3. The molecule has 0 saturated carbocycles. The van der Waals surface area contributed by atoms with Crippen LogP contribution in [0.15, 0.2) is 30.2 Å². The first-order valence-electron chi connectivity index (χ1n) is 4.03. The second kappa shape index (κ2) is 4.23. The molecule has 0 aromatic carbocycles. The molecule has 0 aliphatic heterocycles. The Hall–Kier alpha value is -1.37. The molecular weight excluding hydrogens is 198 g/mol. The largest absolute Gasteiger partial charge is 0.271 e. The number of aromatic nitrogens is 3. The highest BCUT2D eigenvalue weighted by atomic mass is 32.1. The Bertz CT molecular complexity index is 374. The summed E-state index contributed by atoms with van der Waals surface area (Å²) in [5.74, 6) is 5.46. The van der Waals surface area contributed by atoms with E-state index in [-0.39, 0.29) is 6.04 Å². The molecule has 2 heterocycles. The topological polar surface area (TPSA) is 76.7 Å². The van der Waals surface area contributed by atoms with Crippen molar-refractivity contribution in [1.29, 1.82) is 0 Å². The lowest BCUT2D eigenvalue weighted by Gasteiger charge is -2.12. The molecule has 0 fully saturated rings. The van der Waals surface area contributed by atoms with Crippen LogP contribution in [-0.2, 0) is 0 Å². The Balaban J connectivity index is 2.31. The summed E-state index contributed by atoms with van der Waals surface area (Å²) in [7, 11) is 0. The molecule has 2 aromatic rings. The van der Waals surface area contributed by atoms with Crippen molar-refractivity contribution >= 4 is 11.5 Å². The van der Waals surface area contributed by atoms with Gasteiger partial charge >= 0.3 is 0 Å². The van der Waals surface area contributed by atoms with Crippen LogP contribution in [0.4, 0.5) is 0 Å². The van der Waals surface area contributed by atoms with Gasteiger partial charge in [0.25, 0.3) is 0 Å². The smallest absolute Gasteiger partial charge is 0.115 e. The van der Waals surface area contributed by atoms with Crippen LogP contribution in [0.2, 0.25) is 0 Å². The molecule has 2 aromatic heterocycles. The predicted octanol–water partition coefficient (Wildman–Crippen LogP) is 0.486. The van der Waals surface area contributed by atoms with Crippen molar-refractivity contribution in [3.8, 4) is 0 Å². The van der Waals surface area contributed by atoms with E-state index in [0.717, 1.165) is 11.3 Å². The highest BCUT2D eigenvalue weighted by Gasteiger charge is 2.14. The third kappa shape index (κ3) is 1.77. The molecule has 14 heavy (non-hydrogen) atoms. The zero-order chi connectivity index (χ0) is 9.80. The van der Waals surface area contributed by atoms with Gasteiger partial charge in [-0.15, -0.1) is 0 Å². The summed E-state index contributed by atoms with van der Waals surface area (Å²) in [6, 6.07) is 1.78. The minimum Gasteiger partial charge on any atom is -0.271 e. The normalized spacial score (nSPS) is 12.6. The third-order valence-corrected chi connectivity index (χ3v) is 2.41. The van der Waals surface area contributed by atoms with Gasteiger partial charge in [-0.05, 0) is 17.6 Å². The minimum absolute atomic E-state index is 0.137. The van der Waals surface area contributed by atoms with Crippen LogP contribution in [0.25, 0.3) is 0 Å². The zero-order valence-corrected chi connectivity index (χ0v) is 8.11. The maximum absolute atomic E-state index is 5.46. The van der Waals surface area contributed by atoms with E-state index in [9.17, 15) is 0 Å². The molecule has 0 aliphatic carbocycles. The average Bonchev–Trinajstić information content (AvgIpc) is 2.74. The summed E-state index contributed by atoms with van der Waals surface area (Å²) in [6.45, 7) is 0. The van der Waals surface area contributed by atoms with Crippen LogP contribution in [-0.4, -0.2) is 14.3 Å². The van der Waals surface area contributed by atoms with Gasteiger partial charge in [-0.25, -0.2) is 15.4 Å². The van der Waals surface area contributed by atoms with Gasteiger partial charge in [0.05, 0.1) is 11.7 Å². The van der Waals surface area contributed by atoms with Crippen molar-refractivity contribution in [2.24, 2.45) is 5.84 Å². The van der Waals surface area contributed by atoms with E-state index in [0.29, 0.717) is 0 Å². The van der Waals surface area contributed by atoms with Crippen molar-refractivity contribution < 1.29 is 0 Å². The molecule has 0 aliphatic rings. The molecule has 0 saturated heterocycles. The maximum atomic E-state index is 5.46. The van der Waals surface area contributed by atoms with E-state index >= 15 is 0 Å². The van der Waals surface area contributed by atoms with Gasteiger partial charge in [-0.1, -0.05) is 0 Å². The SMILES string of the molecule is NNC(c1cncnc1)c1ccsn1. The number of hydrogen-bond acceptors (Lipinski definition) is 6. The molecule has 72 valence electrons. The Morgan fingerprint density at radius 1 is 1.36 bits per heavy atom. The van der Waals surface area contributed by atoms with Crippen molar-refractivity contribution in [3.63, 3.8) is 0 Å². The molecule has 3 N–H and O–H groups in total. The minimum atomic E-state index is -0.137. The monoisotopic (exact) mass is 207 g/mol. The fraction of sp³-hybridized carbons (Fsp3) is 0.125. The van der Waals surface area contributed by atoms with Crippen molar-refractivity contribution in [3.05, 3.63) is 41.4 Å². The molecule has 6 heteroatoms. The Morgan fingerprint density at radius 3 is 2.71 bits per heavy atom. The van der Waals surface area contributed by atoms with Gasteiger partial charge in [0.2, 0.25) is 0 Å². The van der Waals surface area contributed by atoms with Crippen molar-refractivity contribution in [2.45, 2.75) is 6.04 Å². The summed E-state index contributed by atoms with van der Waals surface area (Å²) in [4.78, 5) is 7.86.